The van der Waals surface area contributed by atoms with Gasteiger partial charge in [0.25, 0.3) is 0 Å². The Morgan fingerprint density at radius 2 is 1.74 bits per heavy atom. The molecule has 2 aromatic rings. The molecular formula is C17H19NO. The van der Waals surface area contributed by atoms with E-state index in [1.165, 1.54) is 0 Å². The summed E-state index contributed by atoms with van der Waals surface area (Å²) >= 11 is 0. The van der Waals surface area contributed by atoms with Crippen molar-refractivity contribution >= 4 is 16.6 Å². The molecule has 1 aliphatic carbocycles. The maximum absolute atomic E-state index is 12.7. The zero-order valence-corrected chi connectivity index (χ0v) is 11.0. The van der Waals surface area contributed by atoms with Gasteiger partial charge in [-0.25, -0.2) is 0 Å². The van der Waals surface area contributed by atoms with Crippen LogP contribution in [0.3, 0.4) is 0 Å². The van der Waals surface area contributed by atoms with Crippen LogP contribution in [0.4, 0.5) is 0 Å². The molecule has 98 valence electrons. The highest BCUT2D eigenvalue weighted by molar-refractivity contribution is 6.09. The van der Waals surface area contributed by atoms with E-state index >= 15 is 0 Å². The summed E-state index contributed by atoms with van der Waals surface area (Å²) in [5.41, 5.74) is 6.97. The lowest BCUT2D eigenvalue weighted by molar-refractivity contribution is 0.0873. The Morgan fingerprint density at radius 1 is 1.00 bits per heavy atom. The second kappa shape index (κ2) is 5.14. The molecule has 2 unspecified atom stereocenters. The molecule has 0 amide bonds. The van der Waals surface area contributed by atoms with Crippen LogP contribution in [0.2, 0.25) is 0 Å². The summed E-state index contributed by atoms with van der Waals surface area (Å²) in [6, 6.07) is 14.0. The van der Waals surface area contributed by atoms with Gasteiger partial charge in [0, 0.05) is 17.5 Å². The van der Waals surface area contributed by atoms with Crippen LogP contribution in [0, 0.1) is 5.92 Å². The average molecular weight is 253 g/mol. The van der Waals surface area contributed by atoms with Crippen LogP contribution in [0.5, 0.6) is 0 Å². The maximum atomic E-state index is 12.7. The molecule has 0 aliphatic heterocycles. The van der Waals surface area contributed by atoms with Gasteiger partial charge in [-0.05, 0) is 23.6 Å². The number of nitrogens with two attached hydrogens (primary N) is 1. The third-order valence-electron chi connectivity index (χ3n) is 4.21. The van der Waals surface area contributed by atoms with Crippen molar-refractivity contribution in [1.29, 1.82) is 0 Å². The van der Waals surface area contributed by atoms with Gasteiger partial charge < -0.3 is 5.73 Å². The monoisotopic (exact) mass is 253 g/mol. The molecule has 2 nitrogen and oxygen atoms in total. The van der Waals surface area contributed by atoms with Crippen molar-refractivity contribution in [3.63, 3.8) is 0 Å². The Balaban J connectivity index is 2.01. The van der Waals surface area contributed by atoms with Crippen molar-refractivity contribution in [1.82, 2.24) is 0 Å². The first-order chi connectivity index (χ1) is 9.27. The number of hydrogen-bond acceptors (Lipinski definition) is 2. The summed E-state index contributed by atoms with van der Waals surface area (Å²) < 4.78 is 0. The lowest BCUT2D eigenvalue weighted by Gasteiger charge is -2.27. The molecule has 0 radical (unpaired) electrons. The topological polar surface area (TPSA) is 43.1 Å². The minimum Gasteiger partial charge on any atom is -0.327 e. The zero-order chi connectivity index (χ0) is 13.2. The van der Waals surface area contributed by atoms with Crippen LogP contribution < -0.4 is 5.73 Å². The maximum Gasteiger partial charge on any atom is 0.168 e. The average Bonchev–Trinajstić information content (AvgIpc) is 2.46. The van der Waals surface area contributed by atoms with Gasteiger partial charge >= 0.3 is 0 Å². The van der Waals surface area contributed by atoms with E-state index in [0.717, 1.165) is 42.0 Å². The van der Waals surface area contributed by atoms with Gasteiger partial charge in [-0.1, -0.05) is 55.3 Å². The zero-order valence-electron chi connectivity index (χ0n) is 11.0. The largest absolute Gasteiger partial charge is 0.327 e. The number of carbonyl (C=O) groups excluding carboxylic acids is 1. The van der Waals surface area contributed by atoms with E-state index in [1.54, 1.807) is 0 Å². The minimum atomic E-state index is -0.000411. The molecule has 0 aromatic heterocycles. The smallest absolute Gasteiger partial charge is 0.168 e. The molecule has 1 aliphatic rings. The Morgan fingerprint density at radius 3 is 2.58 bits per heavy atom. The summed E-state index contributed by atoms with van der Waals surface area (Å²) in [5.74, 6) is 0.226. The molecule has 2 heteroatoms. The van der Waals surface area contributed by atoms with Crippen LogP contribution in [0.1, 0.15) is 36.0 Å². The van der Waals surface area contributed by atoms with Gasteiger partial charge in [-0.15, -0.1) is 0 Å². The van der Waals surface area contributed by atoms with Crippen LogP contribution in [-0.4, -0.2) is 11.8 Å². The second-order valence-corrected chi connectivity index (χ2v) is 5.45. The van der Waals surface area contributed by atoms with E-state index < -0.39 is 0 Å². The van der Waals surface area contributed by atoms with Crippen molar-refractivity contribution in [2.45, 2.75) is 31.7 Å². The van der Waals surface area contributed by atoms with Gasteiger partial charge in [0.15, 0.2) is 5.78 Å². The molecule has 0 spiro atoms. The fraction of sp³-hybridized carbons (Fsp3) is 0.353. The fourth-order valence-corrected chi connectivity index (χ4v) is 3.13. The third kappa shape index (κ3) is 2.28. The molecular weight excluding hydrogens is 234 g/mol. The highest BCUT2D eigenvalue weighted by Crippen LogP contribution is 2.29. The Labute approximate surface area is 113 Å². The standard InChI is InChI=1S/C17H19NO/c18-16-11-4-3-9-15(16)17(19)14-10-5-7-12-6-1-2-8-13(12)14/h1-2,5-8,10,15-16H,3-4,9,11,18H2. The summed E-state index contributed by atoms with van der Waals surface area (Å²) in [7, 11) is 0. The van der Waals surface area contributed by atoms with E-state index in [2.05, 4.69) is 0 Å². The van der Waals surface area contributed by atoms with Crippen LogP contribution in [0.25, 0.3) is 10.8 Å². The molecule has 0 heterocycles. The number of hydrogen-bond donors (Lipinski definition) is 1. The first kappa shape index (κ1) is 12.4. The molecule has 1 fully saturated rings. The summed E-state index contributed by atoms with van der Waals surface area (Å²) in [5, 5.41) is 2.17. The molecule has 2 atom stereocenters. The molecule has 2 N–H and O–H groups in total. The van der Waals surface area contributed by atoms with E-state index in [-0.39, 0.29) is 17.7 Å². The van der Waals surface area contributed by atoms with Gasteiger partial charge in [0.1, 0.15) is 0 Å². The van der Waals surface area contributed by atoms with E-state index in [1.807, 2.05) is 42.5 Å². The quantitative estimate of drug-likeness (QED) is 0.832. The van der Waals surface area contributed by atoms with Crippen molar-refractivity contribution in [3.8, 4) is 0 Å². The number of rotatable bonds is 2. The normalized spacial score (nSPS) is 23.4. The first-order valence-corrected chi connectivity index (χ1v) is 7.05. The Hall–Kier alpha value is -1.67. The van der Waals surface area contributed by atoms with Gasteiger partial charge in [-0.3, -0.25) is 4.79 Å². The van der Waals surface area contributed by atoms with Gasteiger partial charge in [0.2, 0.25) is 0 Å². The highest BCUT2D eigenvalue weighted by Gasteiger charge is 2.29. The molecule has 19 heavy (non-hydrogen) atoms. The van der Waals surface area contributed by atoms with E-state index in [0.29, 0.717) is 0 Å². The lowest BCUT2D eigenvalue weighted by atomic mass is 9.79. The third-order valence-corrected chi connectivity index (χ3v) is 4.21. The SMILES string of the molecule is NC1CCCCC1C(=O)c1cccc2ccccc12. The predicted molar refractivity (Wildman–Crippen MR) is 78.2 cm³/mol. The molecule has 1 saturated carbocycles. The van der Waals surface area contributed by atoms with E-state index in [9.17, 15) is 4.79 Å². The number of benzene rings is 2. The van der Waals surface area contributed by atoms with Crippen molar-refractivity contribution < 1.29 is 4.79 Å². The number of ketones is 1. The molecule has 0 bridgehead atoms. The van der Waals surface area contributed by atoms with Crippen LogP contribution in [-0.2, 0) is 0 Å². The van der Waals surface area contributed by atoms with Crippen LogP contribution >= 0.6 is 0 Å². The lowest BCUT2D eigenvalue weighted by Crippen LogP contribution is -2.38. The van der Waals surface area contributed by atoms with E-state index in [4.69, 9.17) is 5.73 Å². The number of carbonyl (C=O) groups is 1. The molecule has 0 saturated heterocycles. The van der Waals surface area contributed by atoms with Crippen molar-refractivity contribution in [2.75, 3.05) is 0 Å². The summed E-state index contributed by atoms with van der Waals surface area (Å²) in [6.45, 7) is 0. The first-order valence-electron chi connectivity index (χ1n) is 7.05. The Kier molecular flexibility index (Phi) is 3.34. The fourth-order valence-electron chi connectivity index (χ4n) is 3.13. The number of Topliss-reactive ketones (excluding diaryl/α,β-unsaturated/α-hetero) is 1. The Bertz CT molecular complexity index is 600. The summed E-state index contributed by atoms with van der Waals surface area (Å²) in [4.78, 5) is 12.7. The van der Waals surface area contributed by atoms with Crippen LogP contribution in [0.15, 0.2) is 42.5 Å². The van der Waals surface area contributed by atoms with Gasteiger partial charge in [0.05, 0.1) is 0 Å². The highest BCUT2D eigenvalue weighted by atomic mass is 16.1. The number of fused-ring (bicyclic) bond motifs is 1. The predicted octanol–water partition coefficient (Wildman–Crippen LogP) is 3.54. The summed E-state index contributed by atoms with van der Waals surface area (Å²) in [6.07, 6.45) is 4.18. The molecule has 2 aromatic carbocycles. The minimum absolute atomic E-state index is 0.000411. The van der Waals surface area contributed by atoms with Crippen molar-refractivity contribution in [2.24, 2.45) is 11.7 Å². The second-order valence-electron chi connectivity index (χ2n) is 5.45. The molecule has 3 rings (SSSR count). The van der Waals surface area contributed by atoms with Gasteiger partial charge in [-0.2, -0.15) is 0 Å². The van der Waals surface area contributed by atoms with Crippen molar-refractivity contribution in [3.05, 3.63) is 48.0 Å².